The highest BCUT2D eigenvalue weighted by Gasteiger charge is 2.50. The maximum Gasteiger partial charge on any atom is 0.202 e. The van der Waals surface area contributed by atoms with Crippen LogP contribution in [0.2, 0.25) is 0 Å². The van der Waals surface area contributed by atoms with Gasteiger partial charge in [0, 0.05) is 55.1 Å². The summed E-state index contributed by atoms with van der Waals surface area (Å²) in [5.41, 5.74) is -3.62. The van der Waals surface area contributed by atoms with Crippen molar-refractivity contribution >= 4 is 17.3 Å². The van der Waals surface area contributed by atoms with Gasteiger partial charge in [-0.3, -0.25) is 19.7 Å². The van der Waals surface area contributed by atoms with Crippen molar-refractivity contribution in [1.82, 2.24) is 10.6 Å². The van der Waals surface area contributed by atoms with E-state index in [0.29, 0.717) is 19.7 Å². The third kappa shape index (κ3) is 5.30. The second-order valence-corrected chi connectivity index (χ2v) is 11.8. The number of carbonyl (C=O) groups excluding carboxylic acids is 3. The highest BCUT2D eigenvalue weighted by Crippen LogP contribution is 2.52. The summed E-state index contributed by atoms with van der Waals surface area (Å²) < 4.78 is 23.2. The first-order valence-corrected chi connectivity index (χ1v) is 14.8. The first-order valence-electron chi connectivity index (χ1n) is 14.8. The molecule has 4 aliphatic rings. The largest absolute Gasteiger partial charge is 0.507 e. The predicted octanol–water partition coefficient (Wildman–Crippen LogP) is -0.422. The second-order valence-electron chi connectivity index (χ2n) is 11.8. The summed E-state index contributed by atoms with van der Waals surface area (Å²) >= 11 is 0. The molecule has 2 fully saturated rings. The number of methoxy groups -OCH3 is 1. The minimum Gasteiger partial charge on any atom is -0.507 e. The summed E-state index contributed by atoms with van der Waals surface area (Å²) in [6, 6.07) is 3.83. The summed E-state index contributed by atoms with van der Waals surface area (Å²) in [5, 5.41) is 61.6. The molecule has 0 bridgehead atoms. The van der Waals surface area contributed by atoms with Crippen molar-refractivity contribution in [3.8, 4) is 17.2 Å². The molecule has 2 aliphatic heterocycles. The molecule has 2 aromatic rings. The topological polar surface area (TPSA) is 213 Å². The van der Waals surface area contributed by atoms with Crippen molar-refractivity contribution in [2.24, 2.45) is 0 Å². The summed E-state index contributed by atoms with van der Waals surface area (Å²) in [7, 11) is 1.33. The number of ether oxygens (including phenoxy) is 4. The molecule has 14 nitrogen and oxygen atoms in total. The van der Waals surface area contributed by atoms with Crippen molar-refractivity contribution in [2.75, 3.05) is 33.4 Å². The number of nitrogens with one attached hydrogen (secondary N) is 2. The number of aromatic hydroxyl groups is 2. The normalized spacial score (nSPS) is 31.1. The van der Waals surface area contributed by atoms with Crippen LogP contribution in [0, 0.1) is 0 Å². The summed E-state index contributed by atoms with van der Waals surface area (Å²) in [6.45, 7) is 2.30. The number of carbonyl (C=O) groups is 3. The van der Waals surface area contributed by atoms with Gasteiger partial charge >= 0.3 is 0 Å². The molecule has 2 aromatic carbocycles. The number of phenols is 2. The van der Waals surface area contributed by atoms with Crippen molar-refractivity contribution in [2.45, 2.75) is 68.7 Å². The lowest BCUT2D eigenvalue weighted by Crippen LogP contribution is -2.59. The fraction of sp³-hybridized carbons (Fsp3) is 0.516. The number of aliphatic hydroxyl groups excluding tert-OH is 2. The van der Waals surface area contributed by atoms with E-state index in [1.165, 1.54) is 25.3 Å². The van der Waals surface area contributed by atoms with Crippen molar-refractivity contribution in [1.29, 1.82) is 0 Å². The van der Waals surface area contributed by atoms with Gasteiger partial charge in [-0.05, 0) is 13.0 Å². The summed E-state index contributed by atoms with van der Waals surface area (Å²) in [5.74, 6) is -3.75. The van der Waals surface area contributed by atoms with Crippen LogP contribution in [-0.2, 0) is 25.4 Å². The lowest BCUT2D eigenvalue weighted by Gasteiger charge is -2.43. The molecule has 5 unspecified atom stereocenters. The molecule has 7 N–H and O–H groups in total. The SMILES string of the molecule is COc1cccc2c1C(=O)c1c(O)c3c(c(O)c1C2=O)C[C@@](O)(C(=O)CO)C[C@@H]3OC1CC(NC2CNCCO2)C(O)C(C)O1. The van der Waals surface area contributed by atoms with Gasteiger partial charge in [-0.1, -0.05) is 12.1 Å². The Hall–Kier alpha value is -3.47. The van der Waals surface area contributed by atoms with E-state index in [1.807, 2.05) is 0 Å². The van der Waals surface area contributed by atoms with Crippen molar-refractivity contribution in [3.63, 3.8) is 0 Å². The van der Waals surface area contributed by atoms with Gasteiger partial charge in [0.1, 0.15) is 35.7 Å². The average Bonchev–Trinajstić information content (AvgIpc) is 3.03. The lowest BCUT2D eigenvalue weighted by molar-refractivity contribution is -0.252. The number of hydrogen-bond donors (Lipinski definition) is 7. The molecule has 2 heterocycles. The Kier molecular flexibility index (Phi) is 8.43. The summed E-state index contributed by atoms with van der Waals surface area (Å²) in [4.78, 5) is 40.3. The number of fused-ring (bicyclic) bond motifs is 3. The number of hydrogen-bond acceptors (Lipinski definition) is 14. The Bertz CT molecular complexity index is 1540. The fourth-order valence-electron chi connectivity index (χ4n) is 6.79. The molecule has 0 saturated carbocycles. The van der Waals surface area contributed by atoms with Gasteiger partial charge in [0.05, 0.1) is 48.7 Å². The maximum atomic E-state index is 13.8. The zero-order chi connectivity index (χ0) is 32.2. The second kappa shape index (κ2) is 12.0. The van der Waals surface area contributed by atoms with Crippen LogP contribution >= 0.6 is 0 Å². The molecular weight excluding hydrogens is 592 g/mol. The lowest BCUT2D eigenvalue weighted by atomic mass is 9.72. The number of morpholine rings is 1. The fourth-order valence-corrected chi connectivity index (χ4v) is 6.79. The Labute approximate surface area is 257 Å². The van der Waals surface area contributed by atoms with Gasteiger partial charge < -0.3 is 49.8 Å². The monoisotopic (exact) mass is 628 g/mol. The first kappa shape index (κ1) is 31.5. The van der Waals surface area contributed by atoms with E-state index in [4.69, 9.17) is 18.9 Å². The number of Topliss-reactive ketones (excluding diaryl/α,β-unsaturated/α-hetero) is 1. The molecular formula is C31H36N2O12. The van der Waals surface area contributed by atoms with Gasteiger partial charge in [-0.2, -0.15) is 0 Å². The smallest absolute Gasteiger partial charge is 0.202 e. The molecule has 2 saturated heterocycles. The van der Waals surface area contributed by atoms with E-state index in [9.17, 15) is 39.9 Å². The molecule has 0 spiro atoms. The highest BCUT2D eigenvalue weighted by molar-refractivity contribution is 6.31. The van der Waals surface area contributed by atoms with Crippen LogP contribution in [0.3, 0.4) is 0 Å². The number of benzene rings is 2. The van der Waals surface area contributed by atoms with E-state index in [0.717, 1.165) is 0 Å². The third-order valence-corrected chi connectivity index (χ3v) is 9.09. The number of rotatable bonds is 7. The Morgan fingerprint density at radius 1 is 1.16 bits per heavy atom. The molecule has 2 aliphatic carbocycles. The molecule has 14 heteroatoms. The quantitative estimate of drug-likeness (QED) is 0.166. The zero-order valence-corrected chi connectivity index (χ0v) is 24.7. The van der Waals surface area contributed by atoms with Gasteiger partial charge in [-0.25, -0.2) is 0 Å². The van der Waals surface area contributed by atoms with Crippen LogP contribution in [0.25, 0.3) is 0 Å². The zero-order valence-electron chi connectivity index (χ0n) is 24.7. The predicted molar refractivity (Wildman–Crippen MR) is 153 cm³/mol. The maximum absolute atomic E-state index is 13.8. The molecule has 45 heavy (non-hydrogen) atoms. The van der Waals surface area contributed by atoms with E-state index in [-0.39, 0.29) is 40.7 Å². The minimum absolute atomic E-state index is 0.0503. The van der Waals surface area contributed by atoms with E-state index < -0.39 is 95.7 Å². The summed E-state index contributed by atoms with van der Waals surface area (Å²) in [6.07, 6.45) is -5.43. The van der Waals surface area contributed by atoms with Gasteiger partial charge in [-0.15, -0.1) is 0 Å². The Balaban J connectivity index is 1.41. The first-order chi connectivity index (χ1) is 21.5. The molecule has 7 atom stereocenters. The van der Waals surface area contributed by atoms with Crippen LogP contribution in [0.15, 0.2) is 18.2 Å². The molecule has 0 amide bonds. The third-order valence-electron chi connectivity index (χ3n) is 9.09. The Morgan fingerprint density at radius 2 is 1.91 bits per heavy atom. The van der Waals surface area contributed by atoms with Crippen LogP contribution in [0.1, 0.15) is 68.8 Å². The minimum atomic E-state index is -2.26. The molecule has 0 aromatic heterocycles. The van der Waals surface area contributed by atoms with Crippen LogP contribution in [0.4, 0.5) is 0 Å². The van der Waals surface area contributed by atoms with E-state index in [2.05, 4.69) is 10.6 Å². The van der Waals surface area contributed by atoms with Crippen LogP contribution < -0.4 is 15.4 Å². The molecule has 0 radical (unpaired) electrons. The standard InChI is InChI=1S/C31H36N2O12/c1-13-26(36)16(33-20-11-32-6-7-43-20)8-21(44-13)45-18-10-31(41,19(35)12-34)9-15-23(18)30(40)25-24(28(15)38)27(37)14-4-3-5-17(42-2)22(14)29(25)39/h3-5,13,16,18,20-21,26,32-34,36,38,40-41H,6-12H2,1-2H3/t13?,16?,18-,20?,21?,26?,31-/m0/s1. The van der Waals surface area contributed by atoms with Crippen LogP contribution in [0.5, 0.6) is 17.2 Å². The number of aliphatic hydroxyl groups is 3. The van der Waals surface area contributed by atoms with Gasteiger partial charge in [0.15, 0.2) is 17.9 Å². The van der Waals surface area contributed by atoms with Crippen molar-refractivity contribution < 1.29 is 58.9 Å². The highest BCUT2D eigenvalue weighted by atomic mass is 16.7. The Morgan fingerprint density at radius 3 is 2.60 bits per heavy atom. The molecule has 6 rings (SSSR count). The molecule has 242 valence electrons. The number of ketones is 3. The number of phenolic OH excluding ortho intramolecular Hbond substituents is 2. The van der Waals surface area contributed by atoms with E-state index >= 15 is 0 Å². The van der Waals surface area contributed by atoms with Crippen LogP contribution in [-0.4, -0.2) is 113 Å². The van der Waals surface area contributed by atoms with Crippen molar-refractivity contribution in [3.05, 3.63) is 51.6 Å². The average molecular weight is 629 g/mol. The van der Waals surface area contributed by atoms with E-state index in [1.54, 1.807) is 6.92 Å². The van der Waals surface area contributed by atoms with Gasteiger partial charge in [0.2, 0.25) is 5.78 Å². The van der Waals surface area contributed by atoms with Gasteiger partial charge in [0.25, 0.3) is 0 Å².